The van der Waals surface area contributed by atoms with Gasteiger partial charge in [-0.2, -0.15) is 0 Å². The van der Waals surface area contributed by atoms with Gasteiger partial charge in [-0.05, 0) is 43.5 Å². The molecule has 0 saturated carbocycles. The highest BCUT2D eigenvalue weighted by Gasteiger charge is 2.58. The van der Waals surface area contributed by atoms with Crippen molar-refractivity contribution >= 4 is 11.8 Å². The molecule has 0 unspecified atom stereocenters. The molecule has 2 amide bonds. The largest absolute Gasteiger partial charge is 0.469 e. The molecule has 6 nitrogen and oxygen atoms in total. The minimum atomic E-state index is -0.975. The lowest BCUT2D eigenvalue weighted by atomic mass is 9.89. The maximum atomic E-state index is 13.7. The van der Waals surface area contributed by atoms with Gasteiger partial charge in [-0.1, -0.05) is 0 Å². The number of furan rings is 1. The molecule has 30 heavy (non-hydrogen) atoms. The summed E-state index contributed by atoms with van der Waals surface area (Å²) in [7, 11) is 0. The molecule has 2 atom stereocenters. The fourth-order valence-electron chi connectivity index (χ4n) is 4.99. The van der Waals surface area contributed by atoms with E-state index in [1.165, 1.54) is 18.4 Å². The Balaban J connectivity index is 1.33. The van der Waals surface area contributed by atoms with Crippen molar-refractivity contribution in [2.45, 2.75) is 50.5 Å². The number of hydrogen-bond donors (Lipinski definition) is 0. The van der Waals surface area contributed by atoms with Crippen LogP contribution in [0.5, 0.6) is 0 Å². The quantitative estimate of drug-likeness (QED) is 0.751. The van der Waals surface area contributed by atoms with E-state index in [0.717, 1.165) is 6.07 Å². The molecule has 1 aromatic heterocycles. The van der Waals surface area contributed by atoms with E-state index in [0.29, 0.717) is 55.7 Å². The highest BCUT2D eigenvalue weighted by atomic mass is 19.1. The molecular weight excluding hydrogens is 394 g/mol. The van der Waals surface area contributed by atoms with Gasteiger partial charge < -0.3 is 19.0 Å². The van der Waals surface area contributed by atoms with Gasteiger partial charge in [-0.3, -0.25) is 9.59 Å². The predicted octanol–water partition coefficient (Wildman–Crippen LogP) is 3.56. The number of aryl methyl sites for hydroxylation is 1. The number of rotatable bonds is 2. The van der Waals surface area contributed by atoms with Crippen molar-refractivity contribution in [3.63, 3.8) is 0 Å². The molecule has 5 rings (SSSR count). The van der Waals surface area contributed by atoms with Gasteiger partial charge >= 0.3 is 0 Å². The van der Waals surface area contributed by atoms with Crippen molar-refractivity contribution in [3.8, 4) is 0 Å². The second-order valence-electron chi connectivity index (χ2n) is 8.26. The Morgan fingerprint density at radius 3 is 2.47 bits per heavy atom. The van der Waals surface area contributed by atoms with Gasteiger partial charge in [0.25, 0.3) is 11.8 Å². The van der Waals surface area contributed by atoms with Crippen LogP contribution in [0.1, 0.15) is 53.4 Å². The number of likely N-dealkylation sites (tertiary alicyclic amines) is 1. The SMILES string of the molecule is Cc1occc1C(=O)N1CCC2(CC1)O[C@@H]1CC[C@@H](c3cc(F)cc(F)c3)N1C2=O. The normalized spacial score (nSPS) is 25.2. The number of benzene rings is 1. The van der Waals surface area contributed by atoms with Crippen LogP contribution in [0.15, 0.2) is 34.9 Å². The lowest BCUT2D eigenvalue weighted by molar-refractivity contribution is -0.142. The average Bonchev–Trinajstić information content (AvgIpc) is 3.38. The zero-order valence-electron chi connectivity index (χ0n) is 16.6. The predicted molar refractivity (Wildman–Crippen MR) is 101 cm³/mol. The van der Waals surface area contributed by atoms with E-state index in [4.69, 9.17) is 9.15 Å². The summed E-state index contributed by atoms with van der Waals surface area (Å²) in [6.45, 7) is 2.54. The van der Waals surface area contributed by atoms with Crippen molar-refractivity contribution in [2.75, 3.05) is 13.1 Å². The number of ether oxygens (including phenoxy) is 1. The van der Waals surface area contributed by atoms with Crippen LogP contribution in [0.2, 0.25) is 0 Å². The lowest BCUT2D eigenvalue weighted by Gasteiger charge is -2.37. The summed E-state index contributed by atoms with van der Waals surface area (Å²) in [5.74, 6) is -1.00. The van der Waals surface area contributed by atoms with Crippen LogP contribution in [-0.2, 0) is 9.53 Å². The summed E-state index contributed by atoms with van der Waals surface area (Å²) in [5.41, 5.74) is 0.00252. The van der Waals surface area contributed by atoms with Crippen LogP contribution in [0.3, 0.4) is 0 Å². The second kappa shape index (κ2) is 6.91. The first-order valence-corrected chi connectivity index (χ1v) is 10.2. The van der Waals surface area contributed by atoms with Gasteiger partial charge in [0.15, 0.2) is 5.60 Å². The Morgan fingerprint density at radius 2 is 1.83 bits per heavy atom. The first kappa shape index (κ1) is 19.2. The van der Waals surface area contributed by atoms with Gasteiger partial charge in [-0.25, -0.2) is 8.78 Å². The molecule has 4 heterocycles. The summed E-state index contributed by atoms with van der Waals surface area (Å²) in [5, 5.41) is 0. The Labute approximate surface area is 172 Å². The van der Waals surface area contributed by atoms with Gasteiger partial charge in [0.1, 0.15) is 23.6 Å². The summed E-state index contributed by atoms with van der Waals surface area (Å²) in [6, 6.07) is 4.64. The highest BCUT2D eigenvalue weighted by molar-refractivity contribution is 5.95. The fraction of sp³-hybridized carbons (Fsp3) is 0.455. The third-order valence-corrected chi connectivity index (χ3v) is 6.54. The second-order valence-corrected chi connectivity index (χ2v) is 8.26. The molecule has 8 heteroatoms. The fourth-order valence-corrected chi connectivity index (χ4v) is 4.99. The Morgan fingerprint density at radius 1 is 1.13 bits per heavy atom. The third kappa shape index (κ3) is 2.93. The number of halogens is 2. The van der Waals surface area contributed by atoms with Crippen molar-refractivity contribution < 1.29 is 27.5 Å². The molecule has 0 bridgehead atoms. The topological polar surface area (TPSA) is 63.0 Å². The number of nitrogens with zero attached hydrogens (tertiary/aromatic N) is 2. The van der Waals surface area contributed by atoms with Crippen molar-refractivity contribution in [1.82, 2.24) is 9.80 Å². The standard InChI is InChI=1S/C22H22F2N2O4/c1-13-17(4-9-29-13)20(27)25-7-5-22(6-8-25)21(28)26-18(2-3-19(26)30-22)14-10-15(23)12-16(24)11-14/h4,9-12,18-19H,2-3,5-8H2,1H3/t18-,19+/m0/s1. The molecule has 3 aliphatic rings. The lowest BCUT2D eigenvalue weighted by Crippen LogP contribution is -2.51. The molecule has 0 N–H and O–H groups in total. The van der Waals surface area contributed by atoms with Gasteiger partial charge in [-0.15, -0.1) is 0 Å². The van der Waals surface area contributed by atoms with Crippen LogP contribution in [0, 0.1) is 18.6 Å². The number of carbonyl (C=O) groups is 2. The van der Waals surface area contributed by atoms with Crippen LogP contribution < -0.4 is 0 Å². The number of piperidine rings is 1. The monoisotopic (exact) mass is 416 g/mol. The molecule has 3 fully saturated rings. The first-order valence-electron chi connectivity index (χ1n) is 10.2. The van der Waals surface area contributed by atoms with E-state index in [-0.39, 0.29) is 11.8 Å². The van der Waals surface area contributed by atoms with Gasteiger partial charge in [0, 0.05) is 32.0 Å². The summed E-state index contributed by atoms with van der Waals surface area (Å²) in [6.07, 6.45) is 3.10. The summed E-state index contributed by atoms with van der Waals surface area (Å²) >= 11 is 0. The van der Waals surface area contributed by atoms with E-state index in [2.05, 4.69) is 0 Å². The van der Waals surface area contributed by atoms with E-state index in [9.17, 15) is 18.4 Å². The highest BCUT2D eigenvalue weighted by Crippen LogP contribution is 2.47. The van der Waals surface area contributed by atoms with Gasteiger partial charge in [0.05, 0.1) is 17.9 Å². The number of carbonyl (C=O) groups excluding carboxylic acids is 2. The van der Waals surface area contributed by atoms with E-state index in [1.807, 2.05) is 0 Å². The van der Waals surface area contributed by atoms with E-state index in [1.54, 1.807) is 22.8 Å². The molecule has 3 aliphatic heterocycles. The van der Waals surface area contributed by atoms with Crippen LogP contribution in [0.25, 0.3) is 0 Å². The zero-order valence-corrected chi connectivity index (χ0v) is 16.6. The maximum Gasteiger partial charge on any atom is 0.257 e. The van der Waals surface area contributed by atoms with Crippen LogP contribution in [-0.4, -0.2) is 46.5 Å². The molecule has 2 aromatic rings. The Kier molecular flexibility index (Phi) is 4.43. The zero-order chi connectivity index (χ0) is 21.0. The number of hydrogen-bond acceptors (Lipinski definition) is 4. The Hall–Kier alpha value is -2.74. The molecular formula is C22H22F2N2O4. The smallest absolute Gasteiger partial charge is 0.257 e. The average molecular weight is 416 g/mol. The minimum Gasteiger partial charge on any atom is -0.469 e. The molecule has 1 aromatic carbocycles. The van der Waals surface area contributed by atoms with Crippen molar-refractivity contribution in [2.24, 2.45) is 0 Å². The maximum absolute atomic E-state index is 13.7. The minimum absolute atomic E-state index is 0.116. The molecule has 158 valence electrons. The van der Waals surface area contributed by atoms with Crippen molar-refractivity contribution in [3.05, 3.63) is 59.1 Å². The Bertz CT molecular complexity index is 992. The van der Waals surface area contributed by atoms with E-state index < -0.39 is 29.5 Å². The van der Waals surface area contributed by atoms with Crippen LogP contribution >= 0.6 is 0 Å². The molecule has 3 saturated heterocycles. The van der Waals surface area contributed by atoms with Gasteiger partial charge in [0.2, 0.25) is 0 Å². The number of amides is 2. The van der Waals surface area contributed by atoms with Crippen LogP contribution in [0.4, 0.5) is 8.78 Å². The molecule has 0 radical (unpaired) electrons. The summed E-state index contributed by atoms with van der Waals surface area (Å²) < 4.78 is 38.9. The van der Waals surface area contributed by atoms with E-state index >= 15 is 0 Å². The molecule has 0 aliphatic carbocycles. The first-order chi connectivity index (χ1) is 14.4. The molecule has 1 spiro atoms. The van der Waals surface area contributed by atoms with Crippen molar-refractivity contribution in [1.29, 1.82) is 0 Å². The third-order valence-electron chi connectivity index (χ3n) is 6.54. The number of fused-ring (bicyclic) bond motifs is 1. The summed E-state index contributed by atoms with van der Waals surface area (Å²) in [4.78, 5) is 29.4.